The van der Waals surface area contributed by atoms with E-state index in [-0.39, 0.29) is 0 Å². The molecule has 2 aromatic heterocycles. The standard InChI is InChI=1S/C16H22N6O/c1-12-19-15(20-23-12)10-21-6-3-7-22(9-8-21)16-13-4-2-5-14(13)17-11-18-16/h11H,2-10H2,1H3. The van der Waals surface area contributed by atoms with Crippen molar-refractivity contribution in [2.45, 2.75) is 39.2 Å². The molecular weight excluding hydrogens is 292 g/mol. The number of hydrogen-bond donors (Lipinski definition) is 0. The number of nitrogens with zero attached hydrogens (tertiary/aromatic N) is 6. The number of aromatic nitrogens is 4. The SMILES string of the molecule is Cc1nc(CN2CCCN(c3ncnc4c3CCC4)CC2)no1. The first-order valence-corrected chi connectivity index (χ1v) is 8.39. The molecule has 2 aromatic rings. The van der Waals surface area contributed by atoms with Gasteiger partial charge in [-0.05, 0) is 25.7 Å². The summed E-state index contributed by atoms with van der Waals surface area (Å²) < 4.78 is 5.06. The maximum atomic E-state index is 5.06. The minimum absolute atomic E-state index is 0.632. The summed E-state index contributed by atoms with van der Waals surface area (Å²) in [7, 11) is 0. The van der Waals surface area contributed by atoms with Gasteiger partial charge in [0.15, 0.2) is 5.82 Å². The number of rotatable bonds is 3. The lowest BCUT2D eigenvalue weighted by Gasteiger charge is -2.24. The molecule has 122 valence electrons. The quantitative estimate of drug-likeness (QED) is 0.847. The largest absolute Gasteiger partial charge is 0.355 e. The minimum Gasteiger partial charge on any atom is -0.355 e. The lowest BCUT2D eigenvalue weighted by Crippen LogP contribution is -2.31. The van der Waals surface area contributed by atoms with E-state index in [0.717, 1.165) is 63.6 Å². The Morgan fingerprint density at radius 1 is 1.09 bits per heavy atom. The Bertz CT molecular complexity index is 685. The summed E-state index contributed by atoms with van der Waals surface area (Å²) in [6, 6.07) is 0. The molecule has 1 aliphatic heterocycles. The Morgan fingerprint density at radius 3 is 2.91 bits per heavy atom. The summed E-state index contributed by atoms with van der Waals surface area (Å²) in [4.78, 5) is 18.1. The molecule has 1 aliphatic carbocycles. The van der Waals surface area contributed by atoms with Gasteiger partial charge < -0.3 is 9.42 Å². The normalized spacial score (nSPS) is 18.9. The van der Waals surface area contributed by atoms with Gasteiger partial charge in [-0.1, -0.05) is 5.16 Å². The molecule has 0 spiro atoms. The second-order valence-corrected chi connectivity index (χ2v) is 6.32. The summed E-state index contributed by atoms with van der Waals surface area (Å²) in [6.45, 7) is 6.67. The molecule has 1 saturated heterocycles. The van der Waals surface area contributed by atoms with Crippen molar-refractivity contribution in [3.63, 3.8) is 0 Å². The Hall–Kier alpha value is -2.02. The van der Waals surface area contributed by atoms with E-state index in [1.807, 2.05) is 6.92 Å². The topological polar surface area (TPSA) is 71.2 Å². The average molecular weight is 314 g/mol. The molecule has 0 N–H and O–H groups in total. The number of anilines is 1. The molecule has 23 heavy (non-hydrogen) atoms. The maximum absolute atomic E-state index is 5.06. The van der Waals surface area contributed by atoms with Gasteiger partial charge in [-0.15, -0.1) is 0 Å². The van der Waals surface area contributed by atoms with Crippen molar-refractivity contribution in [1.82, 2.24) is 25.0 Å². The second-order valence-electron chi connectivity index (χ2n) is 6.32. The van der Waals surface area contributed by atoms with Crippen LogP contribution in [0.5, 0.6) is 0 Å². The van der Waals surface area contributed by atoms with Crippen LogP contribution < -0.4 is 4.90 Å². The summed E-state index contributed by atoms with van der Waals surface area (Å²) in [6.07, 6.45) is 6.27. The van der Waals surface area contributed by atoms with Crippen LogP contribution in [0.3, 0.4) is 0 Å². The third-order valence-corrected chi connectivity index (χ3v) is 4.67. The third-order valence-electron chi connectivity index (χ3n) is 4.67. The molecule has 3 heterocycles. The Kier molecular flexibility index (Phi) is 3.95. The highest BCUT2D eigenvalue weighted by atomic mass is 16.5. The molecular formula is C16H22N6O. The number of fused-ring (bicyclic) bond motifs is 1. The van der Waals surface area contributed by atoms with E-state index in [1.165, 1.54) is 17.7 Å². The van der Waals surface area contributed by atoms with Gasteiger partial charge in [-0.2, -0.15) is 4.98 Å². The maximum Gasteiger partial charge on any atom is 0.223 e. The Labute approximate surface area is 135 Å². The van der Waals surface area contributed by atoms with E-state index in [0.29, 0.717) is 5.89 Å². The van der Waals surface area contributed by atoms with Crippen molar-refractivity contribution in [1.29, 1.82) is 0 Å². The van der Waals surface area contributed by atoms with Gasteiger partial charge in [0, 0.05) is 44.4 Å². The highest BCUT2D eigenvalue weighted by Crippen LogP contribution is 2.28. The van der Waals surface area contributed by atoms with Gasteiger partial charge in [-0.25, -0.2) is 9.97 Å². The number of aryl methyl sites for hydroxylation is 2. The predicted molar refractivity (Wildman–Crippen MR) is 85.2 cm³/mol. The van der Waals surface area contributed by atoms with Crippen molar-refractivity contribution in [2.24, 2.45) is 0 Å². The predicted octanol–water partition coefficient (Wildman–Crippen LogP) is 1.37. The van der Waals surface area contributed by atoms with Gasteiger partial charge in [0.25, 0.3) is 0 Å². The fourth-order valence-electron chi connectivity index (χ4n) is 3.56. The fourth-order valence-corrected chi connectivity index (χ4v) is 3.56. The molecule has 0 radical (unpaired) electrons. The van der Waals surface area contributed by atoms with Crippen LogP contribution in [-0.4, -0.2) is 51.2 Å². The van der Waals surface area contributed by atoms with Crippen molar-refractivity contribution in [3.05, 3.63) is 29.3 Å². The summed E-state index contributed by atoms with van der Waals surface area (Å²) >= 11 is 0. The molecule has 0 atom stereocenters. The van der Waals surface area contributed by atoms with E-state index in [2.05, 4.69) is 29.9 Å². The van der Waals surface area contributed by atoms with E-state index in [1.54, 1.807) is 6.33 Å². The van der Waals surface area contributed by atoms with E-state index >= 15 is 0 Å². The molecule has 4 rings (SSSR count). The highest BCUT2D eigenvalue weighted by Gasteiger charge is 2.23. The first-order valence-electron chi connectivity index (χ1n) is 8.39. The van der Waals surface area contributed by atoms with Crippen LogP contribution >= 0.6 is 0 Å². The molecule has 0 amide bonds. The van der Waals surface area contributed by atoms with E-state index < -0.39 is 0 Å². The van der Waals surface area contributed by atoms with Crippen LogP contribution in [-0.2, 0) is 19.4 Å². The molecule has 1 fully saturated rings. The van der Waals surface area contributed by atoms with Crippen LogP contribution in [0.1, 0.15) is 35.8 Å². The van der Waals surface area contributed by atoms with Crippen LogP contribution in [0.4, 0.5) is 5.82 Å². The summed E-state index contributed by atoms with van der Waals surface area (Å²) in [5.41, 5.74) is 2.62. The van der Waals surface area contributed by atoms with Gasteiger partial charge in [0.2, 0.25) is 5.89 Å². The first kappa shape index (κ1) is 14.6. The van der Waals surface area contributed by atoms with Crippen molar-refractivity contribution in [2.75, 3.05) is 31.1 Å². The van der Waals surface area contributed by atoms with Crippen molar-refractivity contribution in [3.8, 4) is 0 Å². The molecule has 2 aliphatic rings. The zero-order chi connectivity index (χ0) is 15.6. The fraction of sp³-hybridized carbons (Fsp3) is 0.625. The monoisotopic (exact) mass is 314 g/mol. The van der Waals surface area contributed by atoms with Gasteiger partial charge >= 0.3 is 0 Å². The van der Waals surface area contributed by atoms with Crippen molar-refractivity contribution >= 4 is 5.82 Å². The molecule has 0 bridgehead atoms. The van der Waals surface area contributed by atoms with Crippen LogP contribution in [0.15, 0.2) is 10.9 Å². The minimum atomic E-state index is 0.632. The van der Waals surface area contributed by atoms with Gasteiger partial charge in [0.1, 0.15) is 12.1 Å². The van der Waals surface area contributed by atoms with Gasteiger partial charge in [-0.3, -0.25) is 4.90 Å². The van der Waals surface area contributed by atoms with E-state index in [9.17, 15) is 0 Å². The van der Waals surface area contributed by atoms with Gasteiger partial charge in [0.05, 0.1) is 6.54 Å². The molecule has 0 saturated carbocycles. The zero-order valence-electron chi connectivity index (χ0n) is 13.5. The van der Waals surface area contributed by atoms with Crippen molar-refractivity contribution < 1.29 is 4.52 Å². The lowest BCUT2D eigenvalue weighted by atomic mass is 10.2. The second kappa shape index (κ2) is 6.23. The van der Waals surface area contributed by atoms with Crippen LogP contribution in [0.2, 0.25) is 0 Å². The first-order chi connectivity index (χ1) is 11.3. The molecule has 7 heteroatoms. The Morgan fingerprint density at radius 2 is 2.04 bits per heavy atom. The number of hydrogen-bond acceptors (Lipinski definition) is 7. The molecule has 0 aromatic carbocycles. The lowest BCUT2D eigenvalue weighted by molar-refractivity contribution is 0.272. The van der Waals surface area contributed by atoms with E-state index in [4.69, 9.17) is 4.52 Å². The van der Waals surface area contributed by atoms with Crippen LogP contribution in [0, 0.1) is 6.92 Å². The smallest absolute Gasteiger partial charge is 0.223 e. The molecule has 7 nitrogen and oxygen atoms in total. The summed E-state index contributed by atoms with van der Waals surface area (Å²) in [5.74, 6) is 2.57. The zero-order valence-corrected chi connectivity index (χ0v) is 13.5. The van der Waals surface area contributed by atoms with Crippen LogP contribution in [0.25, 0.3) is 0 Å². The Balaban J connectivity index is 1.44. The average Bonchev–Trinajstić information content (AvgIpc) is 3.12. The third kappa shape index (κ3) is 3.06. The highest BCUT2D eigenvalue weighted by molar-refractivity contribution is 5.50. The summed E-state index contributed by atoms with van der Waals surface area (Å²) in [5, 5.41) is 4.00. The molecule has 0 unspecified atom stereocenters.